The topological polar surface area (TPSA) is 49.8 Å². The number of fused-ring (bicyclic) bond motifs is 1. The van der Waals surface area contributed by atoms with Crippen LogP contribution in [0.1, 0.15) is 36.9 Å². The lowest BCUT2D eigenvalue weighted by molar-refractivity contribution is 0.621. The summed E-state index contributed by atoms with van der Waals surface area (Å²) in [5.41, 5.74) is 2.44. The molecule has 0 saturated heterocycles. The molecule has 1 aromatic rings. The number of nitrogens with zero attached hydrogens (tertiary/aromatic N) is 2. The molecule has 2 N–H and O–H groups in total. The molecule has 1 aliphatic carbocycles. The molecule has 1 saturated carbocycles. The van der Waals surface area contributed by atoms with Crippen LogP contribution in [-0.2, 0) is 13.0 Å². The smallest absolute Gasteiger partial charge is 0.198 e. The van der Waals surface area contributed by atoms with E-state index in [0.29, 0.717) is 10.8 Å². The van der Waals surface area contributed by atoms with Gasteiger partial charge in [0.25, 0.3) is 0 Å². The fraction of sp³-hybridized carbons (Fsp3) is 0.667. The highest BCUT2D eigenvalue weighted by Gasteiger charge is 2.21. The number of anilines is 1. The highest BCUT2D eigenvalue weighted by atomic mass is 79.9. The third kappa shape index (κ3) is 2.45. The molecule has 0 amide bonds. The van der Waals surface area contributed by atoms with Crippen molar-refractivity contribution in [3.8, 4) is 0 Å². The summed E-state index contributed by atoms with van der Waals surface area (Å²) in [6.07, 6.45) is 6.21. The minimum Gasteiger partial charge on any atom is -0.367 e. The van der Waals surface area contributed by atoms with Gasteiger partial charge in [0.05, 0.1) is 5.69 Å². The van der Waals surface area contributed by atoms with Crippen molar-refractivity contribution in [1.29, 1.82) is 0 Å². The standard InChI is InChI=1S/C12H17BrN4/c13-12-16-10-5-6-14-7-9(10)11(17-12)15-8-3-1-2-4-8/h8,14H,1-7H2,(H,15,16,17). The van der Waals surface area contributed by atoms with E-state index in [1.807, 2.05) is 0 Å². The van der Waals surface area contributed by atoms with Crippen LogP contribution in [-0.4, -0.2) is 22.6 Å². The maximum atomic E-state index is 4.50. The highest BCUT2D eigenvalue weighted by molar-refractivity contribution is 9.10. The molecule has 5 heteroatoms. The lowest BCUT2D eigenvalue weighted by Crippen LogP contribution is -2.28. The first-order valence-corrected chi connectivity index (χ1v) is 7.15. The summed E-state index contributed by atoms with van der Waals surface area (Å²) in [7, 11) is 0. The molecule has 2 aliphatic rings. The highest BCUT2D eigenvalue weighted by Crippen LogP contribution is 2.26. The SMILES string of the molecule is Brc1nc2c(c(NC3CCCC3)n1)CNCC2. The van der Waals surface area contributed by atoms with E-state index in [9.17, 15) is 0 Å². The number of nitrogens with one attached hydrogen (secondary N) is 2. The maximum Gasteiger partial charge on any atom is 0.198 e. The van der Waals surface area contributed by atoms with Gasteiger partial charge in [-0.1, -0.05) is 12.8 Å². The van der Waals surface area contributed by atoms with E-state index in [1.165, 1.54) is 36.9 Å². The van der Waals surface area contributed by atoms with Crippen LogP contribution in [0.25, 0.3) is 0 Å². The first-order valence-electron chi connectivity index (χ1n) is 6.35. The summed E-state index contributed by atoms with van der Waals surface area (Å²) in [5, 5.41) is 6.98. The predicted molar refractivity (Wildman–Crippen MR) is 71.0 cm³/mol. The molecule has 17 heavy (non-hydrogen) atoms. The zero-order valence-electron chi connectivity index (χ0n) is 9.80. The van der Waals surface area contributed by atoms with Crippen LogP contribution >= 0.6 is 15.9 Å². The predicted octanol–water partition coefficient (Wildman–Crippen LogP) is 2.24. The van der Waals surface area contributed by atoms with Gasteiger partial charge in [0.15, 0.2) is 4.73 Å². The van der Waals surface area contributed by atoms with Gasteiger partial charge < -0.3 is 10.6 Å². The van der Waals surface area contributed by atoms with E-state index < -0.39 is 0 Å². The third-order valence-corrected chi connectivity index (χ3v) is 3.96. The molecule has 0 bridgehead atoms. The van der Waals surface area contributed by atoms with E-state index >= 15 is 0 Å². The lowest BCUT2D eigenvalue weighted by atomic mass is 10.1. The summed E-state index contributed by atoms with van der Waals surface area (Å²) >= 11 is 3.41. The van der Waals surface area contributed by atoms with E-state index in [2.05, 4.69) is 36.5 Å². The van der Waals surface area contributed by atoms with E-state index in [0.717, 1.165) is 25.3 Å². The Hall–Kier alpha value is -0.680. The Balaban J connectivity index is 1.88. The maximum absolute atomic E-state index is 4.50. The molecule has 0 spiro atoms. The number of rotatable bonds is 2. The first-order chi connectivity index (χ1) is 8.33. The molecular formula is C12H17BrN4. The average Bonchev–Trinajstić information content (AvgIpc) is 2.81. The zero-order valence-corrected chi connectivity index (χ0v) is 11.4. The van der Waals surface area contributed by atoms with Crippen molar-refractivity contribution < 1.29 is 0 Å². The molecule has 1 aromatic heterocycles. The van der Waals surface area contributed by atoms with Crippen LogP contribution < -0.4 is 10.6 Å². The third-order valence-electron chi connectivity index (χ3n) is 3.60. The molecule has 0 radical (unpaired) electrons. The molecule has 0 aromatic carbocycles. The number of hydrogen-bond acceptors (Lipinski definition) is 4. The summed E-state index contributed by atoms with van der Waals surface area (Å²) < 4.78 is 0.707. The second-order valence-electron chi connectivity index (χ2n) is 4.82. The summed E-state index contributed by atoms with van der Waals surface area (Å²) in [4.78, 5) is 8.98. The van der Waals surface area contributed by atoms with Crippen LogP contribution in [0.2, 0.25) is 0 Å². The van der Waals surface area contributed by atoms with Gasteiger partial charge >= 0.3 is 0 Å². The van der Waals surface area contributed by atoms with Crippen molar-refractivity contribution in [2.75, 3.05) is 11.9 Å². The van der Waals surface area contributed by atoms with Gasteiger partial charge in [0.1, 0.15) is 5.82 Å². The van der Waals surface area contributed by atoms with Crippen LogP contribution in [0.15, 0.2) is 4.73 Å². The van der Waals surface area contributed by atoms with Gasteiger partial charge in [0, 0.05) is 31.1 Å². The fourth-order valence-corrected chi connectivity index (χ4v) is 3.09. The quantitative estimate of drug-likeness (QED) is 0.822. The van der Waals surface area contributed by atoms with Crippen LogP contribution in [0.3, 0.4) is 0 Å². The van der Waals surface area contributed by atoms with Crippen LogP contribution in [0.5, 0.6) is 0 Å². The van der Waals surface area contributed by atoms with E-state index in [-0.39, 0.29) is 0 Å². The first kappa shape index (κ1) is 11.4. The van der Waals surface area contributed by atoms with E-state index in [1.54, 1.807) is 0 Å². The molecule has 4 nitrogen and oxygen atoms in total. The van der Waals surface area contributed by atoms with Crippen molar-refractivity contribution in [3.63, 3.8) is 0 Å². The fourth-order valence-electron chi connectivity index (χ4n) is 2.70. The van der Waals surface area contributed by atoms with Crippen LogP contribution in [0.4, 0.5) is 5.82 Å². The second kappa shape index (κ2) is 4.90. The molecule has 92 valence electrons. The van der Waals surface area contributed by atoms with Crippen molar-refractivity contribution in [2.45, 2.75) is 44.7 Å². The molecular weight excluding hydrogens is 280 g/mol. The van der Waals surface area contributed by atoms with Gasteiger partial charge in [-0.2, -0.15) is 0 Å². The van der Waals surface area contributed by atoms with Crippen molar-refractivity contribution in [1.82, 2.24) is 15.3 Å². The van der Waals surface area contributed by atoms with Gasteiger partial charge in [0.2, 0.25) is 0 Å². The molecule has 1 aliphatic heterocycles. The van der Waals surface area contributed by atoms with Crippen molar-refractivity contribution >= 4 is 21.7 Å². The largest absolute Gasteiger partial charge is 0.367 e. The zero-order chi connectivity index (χ0) is 11.7. The number of halogens is 1. The number of hydrogen-bond donors (Lipinski definition) is 2. The Morgan fingerprint density at radius 1 is 1.24 bits per heavy atom. The van der Waals surface area contributed by atoms with E-state index in [4.69, 9.17) is 0 Å². The van der Waals surface area contributed by atoms with Gasteiger partial charge in [-0.3, -0.25) is 0 Å². The number of aromatic nitrogens is 2. The Morgan fingerprint density at radius 3 is 2.88 bits per heavy atom. The lowest BCUT2D eigenvalue weighted by Gasteiger charge is -2.22. The Labute approximate surface area is 110 Å². The van der Waals surface area contributed by atoms with Crippen molar-refractivity contribution in [3.05, 3.63) is 16.0 Å². The minimum atomic E-state index is 0.600. The van der Waals surface area contributed by atoms with Gasteiger partial charge in [-0.15, -0.1) is 0 Å². The Morgan fingerprint density at radius 2 is 2.06 bits per heavy atom. The monoisotopic (exact) mass is 296 g/mol. The normalized spacial score (nSPS) is 20.3. The average molecular weight is 297 g/mol. The Kier molecular flexibility index (Phi) is 3.29. The molecule has 0 atom stereocenters. The van der Waals surface area contributed by atoms with Gasteiger partial charge in [-0.05, 0) is 28.8 Å². The summed E-state index contributed by atoms with van der Waals surface area (Å²) in [6, 6.07) is 0.600. The Bertz CT molecular complexity index is 415. The minimum absolute atomic E-state index is 0.600. The molecule has 2 heterocycles. The van der Waals surface area contributed by atoms with Gasteiger partial charge in [-0.25, -0.2) is 9.97 Å². The molecule has 1 fully saturated rings. The molecule has 0 unspecified atom stereocenters. The second-order valence-corrected chi connectivity index (χ2v) is 5.53. The summed E-state index contributed by atoms with van der Waals surface area (Å²) in [5.74, 6) is 1.03. The van der Waals surface area contributed by atoms with Crippen LogP contribution in [0, 0.1) is 0 Å². The summed E-state index contributed by atoms with van der Waals surface area (Å²) in [6.45, 7) is 1.90. The van der Waals surface area contributed by atoms with Crippen molar-refractivity contribution in [2.24, 2.45) is 0 Å². The molecule has 3 rings (SSSR count).